The molecule has 2 heterocycles. The quantitative estimate of drug-likeness (QED) is 0.841. The van der Waals surface area contributed by atoms with E-state index in [0.717, 1.165) is 6.07 Å². The fourth-order valence-corrected chi connectivity index (χ4v) is 2.17. The van der Waals surface area contributed by atoms with E-state index in [1.165, 1.54) is 17.2 Å². The summed E-state index contributed by atoms with van der Waals surface area (Å²) in [5.74, 6) is -0.199. The van der Waals surface area contributed by atoms with Crippen LogP contribution in [0, 0.1) is 5.92 Å². The molecule has 0 spiro atoms. The highest BCUT2D eigenvalue weighted by Crippen LogP contribution is 2.38. The summed E-state index contributed by atoms with van der Waals surface area (Å²) in [5, 5.41) is 10.0. The third-order valence-corrected chi connectivity index (χ3v) is 3.46. The number of hydrogen-bond donors (Lipinski definition) is 1. The Bertz CT molecular complexity index is 445. The lowest BCUT2D eigenvalue weighted by Gasteiger charge is -2.23. The molecule has 2 rings (SSSR count). The highest BCUT2D eigenvalue weighted by Gasteiger charge is 2.42. The number of aromatic nitrogens is 1. The van der Waals surface area contributed by atoms with Crippen LogP contribution in [0.15, 0.2) is 18.3 Å². The average molecular weight is 260 g/mol. The van der Waals surface area contributed by atoms with Crippen molar-refractivity contribution >= 4 is 5.82 Å². The largest absolute Gasteiger partial charge is 0.419 e. The van der Waals surface area contributed by atoms with Gasteiger partial charge < -0.3 is 10.0 Å². The molecule has 0 amide bonds. The summed E-state index contributed by atoms with van der Waals surface area (Å²) in [6.45, 7) is 3.98. The minimum atomic E-state index is -4.43. The van der Waals surface area contributed by atoms with Crippen molar-refractivity contribution < 1.29 is 18.3 Å². The van der Waals surface area contributed by atoms with Gasteiger partial charge in [0.2, 0.25) is 0 Å². The molecule has 0 saturated carbocycles. The first-order valence-electron chi connectivity index (χ1n) is 5.71. The highest BCUT2D eigenvalue weighted by atomic mass is 19.4. The maximum absolute atomic E-state index is 12.9. The van der Waals surface area contributed by atoms with Gasteiger partial charge in [-0.05, 0) is 19.1 Å². The molecule has 1 fully saturated rings. The Hall–Kier alpha value is -1.30. The molecule has 1 aliphatic heterocycles. The number of rotatable bonds is 1. The normalized spacial score (nSPS) is 28.8. The van der Waals surface area contributed by atoms with Crippen molar-refractivity contribution in [3.8, 4) is 0 Å². The number of alkyl halides is 3. The molecule has 0 radical (unpaired) electrons. The molecule has 1 aliphatic rings. The van der Waals surface area contributed by atoms with Crippen molar-refractivity contribution in [1.29, 1.82) is 0 Å². The fourth-order valence-electron chi connectivity index (χ4n) is 2.17. The molecule has 1 aromatic heterocycles. The van der Waals surface area contributed by atoms with E-state index in [9.17, 15) is 18.3 Å². The monoisotopic (exact) mass is 260 g/mol. The van der Waals surface area contributed by atoms with Gasteiger partial charge in [0.25, 0.3) is 0 Å². The van der Waals surface area contributed by atoms with Gasteiger partial charge in [-0.2, -0.15) is 13.2 Å². The van der Waals surface area contributed by atoms with Crippen LogP contribution in [0.2, 0.25) is 0 Å². The van der Waals surface area contributed by atoms with Gasteiger partial charge >= 0.3 is 6.18 Å². The number of anilines is 1. The molecular formula is C12H15F3N2O. The Morgan fingerprint density at radius 1 is 1.50 bits per heavy atom. The van der Waals surface area contributed by atoms with E-state index < -0.39 is 17.3 Å². The van der Waals surface area contributed by atoms with E-state index in [2.05, 4.69) is 4.98 Å². The maximum atomic E-state index is 12.9. The van der Waals surface area contributed by atoms with Crippen molar-refractivity contribution in [2.45, 2.75) is 25.6 Å². The highest BCUT2D eigenvalue weighted by molar-refractivity contribution is 5.50. The van der Waals surface area contributed by atoms with Crippen molar-refractivity contribution in [2.24, 2.45) is 5.92 Å². The molecule has 2 atom stereocenters. The average Bonchev–Trinajstić information content (AvgIpc) is 2.52. The van der Waals surface area contributed by atoms with Crippen LogP contribution in [0.3, 0.4) is 0 Å². The van der Waals surface area contributed by atoms with Crippen LogP contribution in [0.1, 0.15) is 19.4 Å². The molecule has 6 heteroatoms. The van der Waals surface area contributed by atoms with Gasteiger partial charge in [0.1, 0.15) is 5.82 Å². The van der Waals surface area contributed by atoms with Gasteiger partial charge in [0.15, 0.2) is 0 Å². The molecule has 1 aromatic rings. The molecule has 0 aliphatic carbocycles. The molecule has 0 bridgehead atoms. The summed E-state index contributed by atoms with van der Waals surface area (Å²) < 4.78 is 38.6. The smallest absolute Gasteiger partial charge is 0.388 e. The third kappa shape index (κ3) is 2.29. The standard InChI is InChI=1S/C12H15F3N2O/c1-8-6-17(7-11(8,2)18)10-9(12(13,14)15)4-3-5-16-10/h3-5,8,18H,6-7H2,1-2H3/t8-,11+/m0/s1. The van der Waals surface area contributed by atoms with Crippen LogP contribution in [-0.2, 0) is 6.18 Å². The Balaban J connectivity index is 2.36. The third-order valence-electron chi connectivity index (χ3n) is 3.46. The Labute approximate surface area is 103 Å². The SMILES string of the molecule is C[C@H]1CN(c2ncccc2C(F)(F)F)C[C@@]1(C)O. The van der Waals surface area contributed by atoms with E-state index in [-0.39, 0.29) is 18.3 Å². The summed E-state index contributed by atoms with van der Waals surface area (Å²) in [7, 11) is 0. The van der Waals surface area contributed by atoms with E-state index in [4.69, 9.17) is 0 Å². The van der Waals surface area contributed by atoms with Gasteiger partial charge in [0.05, 0.1) is 11.2 Å². The molecule has 1 N–H and O–H groups in total. The van der Waals surface area contributed by atoms with Crippen LogP contribution >= 0.6 is 0 Å². The molecule has 100 valence electrons. The fraction of sp³-hybridized carbons (Fsp3) is 0.583. The van der Waals surface area contributed by atoms with Crippen LogP contribution in [0.4, 0.5) is 19.0 Å². The van der Waals surface area contributed by atoms with Crippen LogP contribution in [-0.4, -0.2) is 28.8 Å². The van der Waals surface area contributed by atoms with E-state index in [1.54, 1.807) is 6.92 Å². The molecule has 0 aromatic carbocycles. The number of halogens is 3. The molecule has 3 nitrogen and oxygen atoms in total. The molecule has 0 unspecified atom stereocenters. The van der Waals surface area contributed by atoms with Gasteiger partial charge in [-0.15, -0.1) is 0 Å². The second kappa shape index (κ2) is 4.12. The van der Waals surface area contributed by atoms with Crippen molar-refractivity contribution in [3.05, 3.63) is 23.9 Å². The summed E-state index contributed by atoms with van der Waals surface area (Å²) in [4.78, 5) is 5.32. The predicted molar refractivity (Wildman–Crippen MR) is 61.2 cm³/mol. The zero-order valence-corrected chi connectivity index (χ0v) is 10.2. The molecule has 1 saturated heterocycles. The first kappa shape index (κ1) is 13.1. The first-order chi connectivity index (χ1) is 8.22. The van der Waals surface area contributed by atoms with Crippen molar-refractivity contribution in [2.75, 3.05) is 18.0 Å². The van der Waals surface area contributed by atoms with Gasteiger partial charge in [-0.3, -0.25) is 0 Å². The van der Waals surface area contributed by atoms with E-state index in [0.29, 0.717) is 6.54 Å². The minimum absolute atomic E-state index is 0.0967. The van der Waals surface area contributed by atoms with Crippen LogP contribution < -0.4 is 4.90 Å². The second-order valence-corrected chi connectivity index (χ2v) is 5.01. The Morgan fingerprint density at radius 3 is 2.67 bits per heavy atom. The number of nitrogens with zero attached hydrogens (tertiary/aromatic N) is 2. The summed E-state index contributed by atoms with van der Waals surface area (Å²) >= 11 is 0. The maximum Gasteiger partial charge on any atom is 0.419 e. The molecular weight excluding hydrogens is 245 g/mol. The number of hydrogen-bond acceptors (Lipinski definition) is 3. The molecule has 18 heavy (non-hydrogen) atoms. The summed E-state index contributed by atoms with van der Waals surface area (Å²) in [6.07, 6.45) is -3.09. The van der Waals surface area contributed by atoms with E-state index >= 15 is 0 Å². The minimum Gasteiger partial charge on any atom is -0.388 e. The van der Waals surface area contributed by atoms with Gasteiger partial charge in [-0.1, -0.05) is 6.92 Å². The summed E-state index contributed by atoms with van der Waals surface area (Å²) in [6, 6.07) is 2.28. The second-order valence-electron chi connectivity index (χ2n) is 5.01. The Morgan fingerprint density at radius 2 is 2.17 bits per heavy atom. The zero-order valence-electron chi connectivity index (χ0n) is 10.2. The van der Waals surface area contributed by atoms with Crippen molar-refractivity contribution in [3.63, 3.8) is 0 Å². The van der Waals surface area contributed by atoms with Crippen molar-refractivity contribution in [1.82, 2.24) is 4.98 Å². The number of aliphatic hydroxyl groups is 1. The van der Waals surface area contributed by atoms with Gasteiger partial charge in [-0.25, -0.2) is 4.98 Å². The van der Waals surface area contributed by atoms with Crippen LogP contribution in [0.5, 0.6) is 0 Å². The lowest BCUT2D eigenvalue weighted by molar-refractivity contribution is -0.137. The lowest BCUT2D eigenvalue weighted by Crippen LogP contribution is -2.33. The zero-order chi connectivity index (χ0) is 13.6. The Kier molecular flexibility index (Phi) is 3.01. The number of pyridine rings is 1. The topological polar surface area (TPSA) is 36.4 Å². The lowest BCUT2D eigenvalue weighted by atomic mass is 9.95. The number of β-amino-alcohol motifs (C(OH)–C–C–N with tert-alkyl or cyclic N) is 1. The predicted octanol–water partition coefficient (Wildman–Crippen LogP) is 2.31. The first-order valence-corrected chi connectivity index (χ1v) is 5.71. The van der Waals surface area contributed by atoms with E-state index in [1.807, 2.05) is 6.92 Å². The van der Waals surface area contributed by atoms with Gasteiger partial charge in [0, 0.05) is 25.2 Å². The summed E-state index contributed by atoms with van der Waals surface area (Å²) in [5.41, 5.74) is -1.74. The van der Waals surface area contributed by atoms with Crippen LogP contribution in [0.25, 0.3) is 0 Å².